The van der Waals surface area contributed by atoms with Crippen molar-refractivity contribution in [2.45, 2.75) is 50.7 Å². The Hall–Kier alpha value is -3.58. The standard InChI is InChI=1S/C32H43N3O8S2/c1-18(36)33-22-10-8-19-16-27(40-2)29(41-3)30(42-4)28(19)20-9-11-23(26(37)17-21(20)22)34-24(12-14-44-6)31(38)35-25(13-15-45-7)32(39)43-5/h9,11,16-17,22,24-25H,8,10,12-15H2,1-7H3,(H,33,36)(H,34,37)(H,35,38)/t22-,24-,25-/m0/s1. The number of thioether (sulfide) groups is 2. The molecule has 0 saturated carbocycles. The topological polar surface area (TPSA) is 141 Å². The number of carbonyl (C=O) groups is 3. The van der Waals surface area contributed by atoms with Crippen LogP contribution in [-0.4, -0.2) is 82.3 Å². The van der Waals surface area contributed by atoms with Crippen LogP contribution in [0.2, 0.25) is 0 Å². The summed E-state index contributed by atoms with van der Waals surface area (Å²) in [4.78, 5) is 52.0. The van der Waals surface area contributed by atoms with Crippen LogP contribution in [-0.2, 0) is 25.5 Å². The molecule has 0 saturated heterocycles. The summed E-state index contributed by atoms with van der Waals surface area (Å²) in [5.41, 5.74) is 2.76. The van der Waals surface area contributed by atoms with Gasteiger partial charge < -0.3 is 34.9 Å². The molecule has 45 heavy (non-hydrogen) atoms. The van der Waals surface area contributed by atoms with Gasteiger partial charge >= 0.3 is 5.97 Å². The number of hydrogen-bond donors (Lipinski definition) is 3. The monoisotopic (exact) mass is 661 g/mol. The third-order valence-corrected chi connectivity index (χ3v) is 8.87. The van der Waals surface area contributed by atoms with Crippen LogP contribution in [0.25, 0.3) is 11.1 Å². The fourth-order valence-electron chi connectivity index (χ4n) is 5.42. The van der Waals surface area contributed by atoms with Crippen LogP contribution in [0, 0.1) is 0 Å². The van der Waals surface area contributed by atoms with E-state index < -0.39 is 30.0 Å². The Balaban J connectivity index is 2.15. The van der Waals surface area contributed by atoms with Gasteiger partial charge in [-0.2, -0.15) is 23.5 Å². The van der Waals surface area contributed by atoms with E-state index in [2.05, 4.69) is 16.0 Å². The average Bonchev–Trinajstić information content (AvgIpc) is 3.27. The molecule has 2 aromatic carbocycles. The lowest BCUT2D eigenvalue weighted by atomic mass is 9.95. The van der Waals surface area contributed by atoms with Gasteiger partial charge in [0.15, 0.2) is 11.5 Å². The quantitative estimate of drug-likeness (QED) is 0.240. The van der Waals surface area contributed by atoms with Gasteiger partial charge in [0.05, 0.1) is 40.2 Å². The molecule has 11 nitrogen and oxygen atoms in total. The number of fused-ring (bicyclic) bond motifs is 3. The lowest BCUT2D eigenvalue weighted by Gasteiger charge is -2.22. The summed E-state index contributed by atoms with van der Waals surface area (Å²) in [5.74, 6) is 1.49. The van der Waals surface area contributed by atoms with Gasteiger partial charge in [-0.05, 0) is 84.6 Å². The van der Waals surface area contributed by atoms with Gasteiger partial charge in [0.25, 0.3) is 0 Å². The molecule has 0 heterocycles. The van der Waals surface area contributed by atoms with Gasteiger partial charge in [0.2, 0.25) is 23.0 Å². The van der Waals surface area contributed by atoms with Crippen LogP contribution in [0.3, 0.4) is 0 Å². The Labute approximate surface area is 272 Å². The van der Waals surface area contributed by atoms with E-state index in [4.69, 9.17) is 18.9 Å². The van der Waals surface area contributed by atoms with Gasteiger partial charge in [0, 0.05) is 12.5 Å². The lowest BCUT2D eigenvalue weighted by Crippen LogP contribution is -2.49. The van der Waals surface area contributed by atoms with Crippen molar-refractivity contribution in [3.63, 3.8) is 0 Å². The van der Waals surface area contributed by atoms with Crippen LogP contribution >= 0.6 is 23.5 Å². The third kappa shape index (κ3) is 8.78. The van der Waals surface area contributed by atoms with Crippen molar-refractivity contribution in [1.29, 1.82) is 0 Å². The number of nitrogens with one attached hydrogen (secondary N) is 3. The van der Waals surface area contributed by atoms with Crippen LogP contribution < -0.4 is 35.6 Å². The summed E-state index contributed by atoms with van der Waals surface area (Å²) >= 11 is 3.13. The normalized spacial score (nSPS) is 14.9. The van der Waals surface area contributed by atoms with Crippen molar-refractivity contribution in [2.75, 3.05) is 57.8 Å². The van der Waals surface area contributed by atoms with Gasteiger partial charge in [-0.3, -0.25) is 14.4 Å². The van der Waals surface area contributed by atoms with Crippen molar-refractivity contribution in [1.82, 2.24) is 10.6 Å². The maximum atomic E-state index is 13.8. The first-order chi connectivity index (χ1) is 21.6. The minimum atomic E-state index is -0.808. The highest BCUT2D eigenvalue weighted by Gasteiger charge is 2.30. The number of carbonyl (C=O) groups excluding carboxylic acids is 3. The zero-order chi connectivity index (χ0) is 33.1. The number of methoxy groups -OCH3 is 4. The Morgan fingerprint density at radius 2 is 1.60 bits per heavy atom. The van der Waals surface area contributed by atoms with E-state index in [1.54, 1.807) is 42.8 Å². The van der Waals surface area contributed by atoms with Gasteiger partial charge in [-0.25, -0.2) is 4.79 Å². The van der Waals surface area contributed by atoms with Crippen molar-refractivity contribution in [3.05, 3.63) is 45.6 Å². The molecule has 3 N–H and O–H groups in total. The van der Waals surface area contributed by atoms with E-state index in [0.29, 0.717) is 65.6 Å². The fourth-order valence-corrected chi connectivity index (χ4v) is 6.36. The summed E-state index contributed by atoms with van der Waals surface area (Å²) in [7, 11) is 5.90. The number of anilines is 1. The first-order valence-electron chi connectivity index (χ1n) is 14.5. The number of ether oxygens (including phenoxy) is 4. The number of aryl methyl sites for hydroxylation is 1. The summed E-state index contributed by atoms with van der Waals surface area (Å²) in [6, 6.07) is 4.76. The SMILES string of the molecule is COC(=O)[C@H](CCSC)NC(=O)[C@H](CCSC)Nc1ccc2c(cc1=O)[C@@H](NC(C)=O)CCc1cc(OC)c(OC)c(OC)c1-2. The first kappa shape index (κ1) is 35.9. The van der Waals surface area contributed by atoms with Crippen LogP contribution in [0.15, 0.2) is 29.1 Å². The number of benzene rings is 1. The van der Waals surface area contributed by atoms with Crippen LogP contribution in [0.5, 0.6) is 17.2 Å². The molecule has 0 bridgehead atoms. The van der Waals surface area contributed by atoms with Crippen molar-refractivity contribution >= 4 is 47.0 Å². The summed E-state index contributed by atoms with van der Waals surface area (Å²) in [6.07, 6.45) is 5.76. The number of hydrogen-bond acceptors (Lipinski definition) is 11. The molecule has 2 aromatic rings. The molecule has 3 atom stereocenters. The minimum absolute atomic E-state index is 0.200. The van der Waals surface area contributed by atoms with E-state index in [0.717, 1.165) is 11.1 Å². The summed E-state index contributed by atoms with van der Waals surface area (Å²) in [6.45, 7) is 1.44. The largest absolute Gasteiger partial charge is 0.493 e. The Bertz CT molecular complexity index is 1440. The predicted octanol–water partition coefficient (Wildman–Crippen LogP) is 3.81. The van der Waals surface area contributed by atoms with Gasteiger partial charge in [-0.15, -0.1) is 0 Å². The maximum Gasteiger partial charge on any atom is 0.328 e. The molecule has 246 valence electrons. The molecular formula is C32H43N3O8S2. The number of rotatable bonds is 15. The van der Waals surface area contributed by atoms with Crippen molar-refractivity contribution in [2.24, 2.45) is 0 Å². The fraction of sp³-hybridized carbons (Fsp3) is 0.500. The van der Waals surface area contributed by atoms with Gasteiger partial charge in [-0.1, -0.05) is 6.07 Å². The molecule has 3 rings (SSSR count). The van der Waals surface area contributed by atoms with E-state index in [-0.39, 0.29) is 17.0 Å². The molecule has 1 aliphatic carbocycles. The van der Waals surface area contributed by atoms with Crippen molar-refractivity contribution in [3.8, 4) is 28.4 Å². The predicted molar refractivity (Wildman–Crippen MR) is 180 cm³/mol. The maximum absolute atomic E-state index is 13.8. The highest BCUT2D eigenvalue weighted by atomic mass is 32.2. The zero-order valence-corrected chi connectivity index (χ0v) is 28.5. The molecule has 0 spiro atoms. The summed E-state index contributed by atoms with van der Waals surface area (Å²) < 4.78 is 22.0. The van der Waals surface area contributed by atoms with Crippen LogP contribution in [0.1, 0.15) is 43.4 Å². The Morgan fingerprint density at radius 3 is 2.18 bits per heavy atom. The lowest BCUT2D eigenvalue weighted by molar-refractivity contribution is -0.145. The number of esters is 1. The second kappa shape index (κ2) is 17.2. The second-order valence-electron chi connectivity index (χ2n) is 10.4. The smallest absolute Gasteiger partial charge is 0.328 e. The highest BCUT2D eigenvalue weighted by Crippen LogP contribution is 2.50. The average molecular weight is 662 g/mol. The van der Waals surface area contributed by atoms with E-state index in [9.17, 15) is 19.2 Å². The Kier molecular flexibility index (Phi) is 13.7. The molecule has 13 heteroatoms. The molecule has 1 aliphatic rings. The summed E-state index contributed by atoms with van der Waals surface area (Å²) in [5, 5.41) is 8.96. The molecule has 0 aliphatic heterocycles. The second-order valence-corrected chi connectivity index (χ2v) is 12.4. The van der Waals surface area contributed by atoms with E-state index in [1.165, 1.54) is 34.3 Å². The Morgan fingerprint density at radius 1 is 0.933 bits per heavy atom. The minimum Gasteiger partial charge on any atom is -0.493 e. The molecule has 0 radical (unpaired) electrons. The van der Waals surface area contributed by atoms with Crippen molar-refractivity contribution < 1.29 is 33.3 Å². The molecule has 0 fully saturated rings. The zero-order valence-electron chi connectivity index (χ0n) is 26.9. The van der Waals surface area contributed by atoms with Crippen LogP contribution in [0.4, 0.5) is 5.69 Å². The first-order valence-corrected chi connectivity index (χ1v) is 17.3. The highest BCUT2D eigenvalue weighted by molar-refractivity contribution is 7.98. The molecular weight excluding hydrogens is 618 g/mol. The molecule has 0 unspecified atom stereocenters. The molecule has 2 amide bonds. The third-order valence-electron chi connectivity index (χ3n) is 7.59. The molecule has 0 aromatic heterocycles. The van der Waals surface area contributed by atoms with E-state index >= 15 is 0 Å². The van der Waals surface area contributed by atoms with Gasteiger partial charge in [0.1, 0.15) is 12.1 Å². The number of amides is 2. The van der Waals surface area contributed by atoms with E-state index in [1.807, 2.05) is 18.6 Å².